The number of likely N-dealkylation sites (N-methyl/N-ethyl adjacent to an activating group) is 1. The lowest BCUT2D eigenvalue weighted by molar-refractivity contribution is 0.262. The van der Waals surface area contributed by atoms with Crippen molar-refractivity contribution in [3.05, 3.63) is 34.3 Å². The van der Waals surface area contributed by atoms with E-state index >= 15 is 0 Å². The average Bonchev–Trinajstić information content (AvgIpc) is 3.07. The summed E-state index contributed by atoms with van der Waals surface area (Å²) < 4.78 is 1.18. The van der Waals surface area contributed by atoms with E-state index in [2.05, 4.69) is 64.5 Å². The molecular weight excluding hydrogens is 288 g/mol. The molecule has 100 valence electrons. The predicted octanol–water partition coefficient (Wildman–Crippen LogP) is 2.92. The van der Waals surface area contributed by atoms with Crippen LogP contribution in [-0.2, 0) is 6.42 Å². The number of rotatable bonds is 7. The van der Waals surface area contributed by atoms with Crippen LogP contribution in [-0.4, -0.2) is 38.6 Å². The summed E-state index contributed by atoms with van der Waals surface area (Å²) in [5, 5.41) is 3.32. The molecular formula is C15H23BrN2. The SMILES string of the molecule is CNCC1(CN(C)CCc2cccc(Br)c2)CC1. The summed E-state index contributed by atoms with van der Waals surface area (Å²) >= 11 is 3.53. The van der Waals surface area contributed by atoms with Crippen molar-refractivity contribution >= 4 is 15.9 Å². The zero-order valence-corrected chi connectivity index (χ0v) is 13.0. The van der Waals surface area contributed by atoms with E-state index in [0.717, 1.165) is 19.5 Å². The van der Waals surface area contributed by atoms with Crippen molar-refractivity contribution < 1.29 is 0 Å². The highest BCUT2D eigenvalue weighted by molar-refractivity contribution is 9.10. The number of hydrogen-bond donors (Lipinski definition) is 1. The summed E-state index contributed by atoms with van der Waals surface area (Å²) in [7, 11) is 4.30. The Balaban J connectivity index is 1.76. The topological polar surface area (TPSA) is 15.3 Å². The van der Waals surface area contributed by atoms with Crippen LogP contribution in [0.4, 0.5) is 0 Å². The molecule has 0 heterocycles. The summed E-state index contributed by atoms with van der Waals surface area (Å²) in [6.07, 6.45) is 3.90. The fourth-order valence-electron chi connectivity index (χ4n) is 2.61. The first kappa shape index (κ1) is 14.0. The van der Waals surface area contributed by atoms with Crippen LogP contribution in [0.1, 0.15) is 18.4 Å². The van der Waals surface area contributed by atoms with Gasteiger partial charge in [0.05, 0.1) is 0 Å². The maximum absolute atomic E-state index is 3.53. The minimum absolute atomic E-state index is 0.570. The largest absolute Gasteiger partial charge is 0.319 e. The van der Waals surface area contributed by atoms with Crippen LogP contribution >= 0.6 is 15.9 Å². The Morgan fingerprint density at radius 1 is 1.39 bits per heavy atom. The monoisotopic (exact) mass is 310 g/mol. The van der Waals surface area contributed by atoms with E-state index < -0.39 is 0 Å². The van der Waals surface area contributed by atoms with Gasteiger partial charge in [0.25, 0.3) is 0 Å². The smallest absolute Gasteiger partial charge is 0.0178 e. The molecule has 3 heteroatoms. The van der Waals surface area contributed by atoms with Gasteiger partial charge >= 0.3 is 0 Å². The lowest BCUT2D eigenvalue weighted by Gasteiger charge is -2.23. The first-order chi connectivity index (χ1) is 8.63. The Morgan fingerprint density at radius 2 is 2.17 bits per heavy atom. The molecule has 0 aliphatic heterocycles. The molecule has 1 aromatic carbocycles. The van der Waals surface area contributed by atoms with Crippen LogP contribution in [0.3, 0.4) is 0 Å². The minimum Gasteiger partial charge on any atom is -0.319 e. The summed E-state index contributed by atoms with van der Waals surface area (Å²) in [5.74, 6) is 0. The zero-order valence-electron chi connectivity index (χ0n) is 11.4. The highest BCUT2D eigenvalue weighted by Gasteiger charge is 2.42. The Morgan fingerprint density at radius 3 is 2.78 bits per heavy atom. The number of halogens is 1. The van der Waals surface area contributed by atoms with Crippen molar-refractivity contribution in [3.8, 4) is 0 Å². The van der Waals surface area contributed by atoms with Gasteiger partial charge in [-0.25, -0.2) is 0 Å². The van der Waals surface area contributed by atoms with Gasteiger partial charge in [-0.15, -0.1) is 0 Å². The molecule has 18 heavy (non-hydrogen) atoms. The molecule has 1 aliphatic carbocycles. The molecule has 0 bridgehead atoms. The molecule has 0 unspecified atom stereocenters. The van der Waals surface area contributed by atoms with Crippen LogP contribution < -0.4 is 5.32 Å². The van der Waals surface area contributed by atoms with Crippen molar-refractivity contribution in [2.75, 3.05) is 33.7 Å². The number of benzene rings is 1. The Labute approximate surface area is 119 Å². The first-order valence-corrected chi connectivity index (χ1v) is 7.50. The van der Waals surface area contributed by atoms with E-state index in [1.807, 2.05) is 0 Å². The molecule has 1 N–H and O–H groups in total. The summed E-state index contributed by atoms with van der Waals surface area (Å²) in [4.78, 5) is 2.48. The second kappa shape index (κ2) is 6.18. The van der Waals surface area contributed by atoms with Gasteiger partial charge in [0.15, 0.2) is 0 Å². The van der Waals surface area contributed by atoms with Gasteiger partial charge in [-0.05, 0) is 56.5 Å². The van der Waals surface area contributed by atoms with E-state index in [-0.39, 0.29) is 0 Å². The van der Waals surface area contributed by atoms with Gasteiger partial charge in [0.2, 0.25) is 0 Å². The van der Waals surface area contributed by atoms with Crippen LogP contribution in [0.2, 0.25) is 0 Å². The van der Waals surface area contributed by atoms with Crippen molar-refractivity contribution in [3.63, 3.8) is 0 Å². The Hall–Kier alpha value is -0.380. The molecule has 0 saturated heterocycles. The maximum atomic E-state index is 3.53. The van der Waals surface area contributed by atoms with Gasteiger partial charge in [-0.2, -0.15) is 0 Å². The highest BCUT2D eigenvalue weighted by Crippen LogP contribution is 2.45. The zero-order chi connectivity index (χ0) is 13.0. The lowest BCUT2D eigenvalue weighted by atomic mass is 10.1. The normalized spacial score (nSPS) is 17.1. The summed E-state index contributed by atoms with van der Waals surface area (Å²) in [5.41, 5.74) is 1.98. The van der Waals surface area contributed by atoms with Gasteiger partial charge in [0.1, 0.15) is 0 Å². The molecule has 0 radical (unpaired) electrons. The van der Waals surface area contributed by atoms with Crippen LogP contribution in [0.5, 0.6) is 0 Å². The van der Waals surface area contributed by atoms with Gasteiger partial charge in [0, 0.05) is 24.1 Å². The Kier molecular flexibility index (Phi) is 4.82. The summed E-state index contributed by atoms with van der Waals surface area (Å²) in [6, 6.07) is 8.62. The lowest BCUT2D eigenvalue weighted by Crippen LogP contribution is -2.33. The van der Waals surface area contributed by atoms with Crippen molar-refractivity contribution in [2.45, 2.75) is 19.3 Å². The quantitative estimate of drug-likeness (QED) is 0.833. The van der Waals surface area contributed by atoms with Crippen molar-refractivity contribution in [2.24, 2.45) is 5.41 Å². The fourth-order valence-corrected chi connectivity index (χ4v) is 3.05. The second-order valence-electron chi connectivity index (χ2n) is 5.65. The predicted molar refractivity (Wildman–Crippen MR) is 80.9 cm³/mol. The van der Waals surface area contributed by atoms with E-state index in [1.54, 1.807) is 0 Å². The molecule has 1 fully saturated rings. The van der Waals surface area contributed by atoms with Crippen LogP contribution in [0.25, 0.3) is 0 Å². The van der Waals surface area contributed by atoms with Gasteiger partial charge in [-0.1, -0.05) is 28.1 Å². The molecule has 0 aromatic heterocycles. The van der Waals surface area contributed by atoms with E-state index in [9.17, 15) is 0 Å². The molecule has 1 saturated carbocycles. The average molecular weight is 311 g/mol. The highest BCUT2D eigenvalue weighted by atomic mass is 79.9. The van der Waals surface area contributed by atoms with Crippen LogP contribution in [0, 0.1) is 5.41 Å². The Bertz CT molecular complexity index is 388. The molecule has 1 aromatic rings. The molecule has 2 rings (SSSR count). The molecule has 0 amide bonds. The molecule has 0 spiro atoms. The third-order valence-corrected chi connectivity index (χ3v) is 4.28. The van der Waals surface area contributed by atoms with E-state index in [0.29, 0.717) is 5.41 Å². The van der Waals surface area contributed by atoms with Crippen LogP contribution in [0.15, 0.2) is 28.7 Å². The third-order valence-electron chi connectivity index (χ3n) is 3.79. The van der Waals surface area contributed by atoms with Crippen molar-refractivity contribution in [1.82, 2.24) is 10.2 Å². The van der Waals surface area contributed by atoms with Gasteiger partial charge in [-0.3, -0.25) is 0 Å². The molecule has 0 atom stereocenters. The van der Waals surface area contributed by atoms with Gasteiger partial charge < -0.3 is 10.2 Å². The fraction of sp³-hybridized carbons (Fsp3) is 0.600. The second-order valence-corrected chi connectivity index (χ2v) is 6.56. The number of hydrogen-bond acceptors (Lipinski definition) is 2. The number of nitrogens with one attached hydrogen (secondary N) is 1. The van der Waals surface area contributed by atoms with Crippen molar-refractivity contribution in [1.29, 1.82) is 0 Å². The molecule has 2 nitrogen and oxygen atoms in total. The standard InChI is InChI=1S/C15H23BrN2/c1-17-11-15(7-8-15)12-18(2)9-6-13-4-3-5-14(16)10-13/h3-5,10,17H,6-9,11-12H2,1-2H3. The molecule has 1 aliphatic rings. The van der Waals surface area contributed by atoms with E-state index in [4.69, 9.17) is 0 Å². The third kappa shape index (κ3) is 4.08. The number of nitrogens with zero attached hydrogens (tertiary/aromatic N) is 1. The van der Waals surface area contributed by atoms with E-state index in [1.165, 1.54) is 29.4 Å². The maximum Gasteiger partial charge on any atom is 0.0178 e. The minimum atomic E-state index is 0.570. The first-order valence-electron chi connectivity index (χ1n) is 6.71. The summed E-state index contributed by atoms with van der Waals surface area (Å²) in [6.45, 7) is 3.53.